The van der Waals surface area contributed by atoms with Crippen LogP contribution in [0, 0.1) is 0 Å². The minimum atomic E-state index is -1.15. The Bertz CT molecular complexity index is 571. The highest BCUT2D eigenvalue weighted by atomic mass is 16.5. The number of carboxylic acids is 1. The molecule has 2 aromatic rings. The molecule has 0 spiro atoms. The van der Waals surface area contributed by atoms with E-state index in [4.69, 9.17) is 10.2 Å². The molecule has 3 N–H and O–H groups in total. The first-order chi connectivity index (χ1) is 11.0. The molecule has 2 aromatic carbocycles. The Kier molecular flexibility index (Phi) is 7.71. The van der Waals surface area contributed by atoms with Gasteiger partial charge in [0.25, 0.3) is 0 Å². The fourth-order valence-electron chi connectivity index (χ4n) is 1.65. The number of alkyl carbamates (subject to hydrolysis) is 1. The third kappa shape index (κ3) is 7.52. The zero-order valence-electron chi connectivity index (χ0n) is 12.7. The van der Waals surface area contributed by atoms with Gasteiger partial charge in [0.1, 0.15) is 11.8 Å². The molecule has 6 nitrogen and oxygen atoms in total. The predicted octanol–water partition coefficient (Wildman–Crippen LogP) is 2.43. The van der Waals surface area contributed by atoms with Crippen LogP contribution in [0.5, 0.6) is 5.75 Å². The van der Waals surface area contributed by atoms with E-state index in [0.717, 1.165) is 7.11 Å². The van der Waals surface area contributed by atoms with Gasteiger partial charge >= 0.3 is 12.1 Å². The van der Waals surface area contributed by atoms with Crippen LogP contribution in [0.2, 0.25) is 0 Å². The number of nitrogens with one attached hydrogen (secondary N) is 1. The minimum Gasteiger partial charge on any atom is -0.508 e. The first-order valence-electron chi connectivity index (χ1n) is 6.88. The van der Waals surface area contributed by atoms with Gasteiger partial charge in [-0.1, -0.05) is 48.5 Å². The molecule has 0 aliphatic carbocycles. The molecular formula is C17H19NO5. The molecule has 0 radical (unpaired) electrons. The van der Waals surface area contributed by atoms with Gasteiger partial charge in [-0.2, -0.15) is 0 Å². The number of aliphatic carboxylic acids is 1. The summed E-state index contributed by atoms with van der Waals surface area (Å²) in [5.74, 6) is -1.05. The Hall–Kier alpha value is -3.02. The zero-order valence-corrected chi connectivity index (χ0v) is 12.7. The molecule has 1 atom stereocenters. The zero-order chi connectivity index (χ0) is 17.1. The smallest absolute Gasteiger partial charge is 0.407 e. The average molecular weight is 317 g/mol. The van der Waals surface area contributed by atoms with Crippen LogP contribution in [0.1, 0.15) is 5.56 Å². The summed E-state index contributed by atoms with van der Waals surface area (Å²) in [5, 5.41) is 20.2. The predicted molar refractivity (Wildman–Crippen MR) is 85.2 cm³/mol. The molecule has 0 aliphatic rings. The molecule has 0 fully saturated rings. The number of methoxy groups -OCH3 is 1. The summed E-state index contributed by atoms with van der Waals surface area (Å²) in [4.78, 5) is 21.8. The number of aromatic hydroxyl groups is 1. The molecule has 0 bridgehead atoms. The second-order valence-electron chi connectivity index (χ2n) is 4.55. The number of hydrogen-bond acceptors (Lipinski definition) is 4. The van der Waals surface area contributed by atoms with Crippen LogP contribution in [0.25, 0.3) is 0 Å². The van der Waals surface area contributed by atoms with Gasteiger partial charge < -0.3 is 20.3 Å². The summed E-state index contributed by atoms with van der Waals surface area (Å²) in [6.07, 6.45) is -0.679. The van der Waals surface area contributed by atoms with Crippen molar-refractivity contribution < 1.29 is 24.5 Å². The maximum Gasteiger partial charge on any atom is 0.407 e. The number of phenols is 1. The van der Waals surface area contributed by atoms with Gasteiger partial charge in [0.05, 0.1) is 7.11 Å². The molecule has 0 saturated carbocycles. The second-order valence-corrected chi connectivity index (χ2v) is 4.55. The van der Waals surface area contributed by atoms with Gasteiger partial charge in [-0.05, 0) is 17.7 Å². The van der Waals surface area contributed by atoms with Gasteiger partial charge in [-0.25, -0.2) is 9.59 Å². The van der Waals surface area contributed by atoms with Crippen molar-refractivity contribution >= 4 is 12.1 Å². The van der Waals surface area contributed by atoms with Gasteiger partial charge in [0.15, 0.2) is 0 Å². The molecule has 23 heavy (non-hydrogen) atoms. The molecule has 122 valence electrons. The lowest BCUT2D eigenvalue weighted by atomic mass is 10.1. The number of hydrogen-bond donors (Lipinski definition) is 3. The van der Waals surface area contributed by atoms with Gasteiger partial charge in [-0.15, -0.1) is 0 Å². The lowest BCUT2D eigenvalue weighted by molar-refractivity contribution is -0.139. The lowest BCUT2D eigenvalue weighted by Gasteiger charge is -2.13. The van der Waals surface area contributed by atoms with Crippen molar-refractivity contribution in [2.75, 3.05) is 7.11 Å². The van der Waals surface area contributed by atoms with Crippen LogP contribution in [0.15, 0.2) is 60.7 Å². The van der Waals surface area contributed by atoms with Gasteiger partial charge in [0.2, 0.25) is 0 Å². The molecule has 0 heterocycles. The SMILES string of the molecule is COC(=O)N[C@H](Cc1ccc(O)cc1)C(=O)O.c1ccccc1. The molecule has 0 aliphatic heterocycles. The quantitative estimate of drug-likeness (QED) is 0.805. The Balaban J connectivity index is 0.000000366. The number of carboxylic acid groups (broad SMARTS) is 1. The maximum absolute atomic E-state index is 10.9. The highest BCUT2D eigenvalue weighted by Crippen LogP contribution is 2.11. The van der Waals surface area contributed by atoms with Crippen LogP contribution in [-0.4, -0.2) is 35.4 Å². The third-order valence-corrected chi connectivity index (χ3v) is 2.82. The van der Waals surface area contributed by atoms with E-state index in [1.807, 2.05) is 36.4 Å². The number of carbonyl (C=O) groups is 2. The van der Waals surface area contributed by atoms with Crippen LogP contribution in [0.4, 0.5) is 4.79 Å². The maximum atomic E-state index is 10.9. The molecule has 0 aromatic heterocycles. The molecule has 0 unspecified atom stereocenters. The van der Waals surface area contributed by atoms with E-state index in [9.17, 15) is 9.59 Å². The topological polar surface area (TPSA) is 95.9 Å². The van der Waals surface area contributed by atoms with E-state index in [2.05, 4.69) is 10.1 Å². The summed E-state index contributed by atoms with van der Waals surface area (Å²) >= 11 is 0. The highest BCUT2D eigenvalue weighted by Gasteiger charge is 2.20. The first-order valence-corrected chi connectivity index (χ1v) is 6.88. The Morgan fingerprint density at radius 2 is 1.52 bits per heavy atom. The lowest BCUT2D eigenvalue weighted by Crippen LogP contribution is -2.42. The van der Waals surface area contributed by atoms with Crippen molar-refractivity contribution in [2.45, 2.75) is 12.5 Å². The molecule has 0 saturated heterocycles. The summed E-state index contributed by atoms with van der Waals surface area (Å²) in [5.41, 5.74) is 0.687. The van der Waals surface area contributed by atoms with E-state index >= 15 is 0 Å². The Labute approximate surface area is 134 Å². The van der Waals surface area contributed by atoms with E-state index in [0.29, 0.717) is 5.56 Å². The molecule has 2 rings (SSSR count). The number of amides is 1. The fraction of sp³-hybridized carbons (Fsp3) is 0.176. The van der Waals surface area contributed by atoms with E-state index in [1.165, 1.54) is 12.1 Å². The number of phenolic OH excluding ortho intramolecular Hbond substituents is 1. The Morgan fingerprint density at radius 3 is 1.91 bits per heavy atom. The Morgan fingerprint density at radius 1 is 1.04 bits per heavy atom. The van der Waals surface area contributed by atoms with Crippen molar-refractivity contribution in [3.63, 3.8) is 0 Å². The monoisotopic (exact) mass is 317 g/mol. The van der Waals surface area contributed by atoms with E-state index in [1.54, 1.807) is 12.1 Å². The summed E-state index contributed by atoms with van der Waals surface area (Å²) in [7, 11) is 1.16. The second kappa shape index (κ2) is 9.83. The first kappa shape index (κ1) is 18.0. The van der Waals surface area contributed by atoms with Crippen molar-refractivity contribution in [1.29, 1.82) is 0 Å². The van der Waals surface area contributed by atoms with Crippen LogP contribution < -0.4 is 5.32 Å². The van der Waals surface area contributed by atoms with Crippen LogP contribution in [0.3, 0.4) is 0 Å². The highest BCUT2D eigenvalue weighted by molar-refractivity contribution is 5.80. The standard InChI is InChI=1S/C11H13NO5.C6H6/c1-17-11(16)12-9(10(14)15)6-7-2-4-8(13)5-3-7;1-2-4-6-5-3-1/h2-5,9,13H,6H2,1H3,(H,12,16)(H,14,15);1-6H/t9-;/m1./s1. The van der Waals surface area contributed by atoms with Crippen molar-refractivity contribution in [3.8, 4) is 5.75 Å². The molecule has 1 amide bonds. The van der Waals surface area contributed by atoms with Crippen LogP contribution in [-0.2, 0) is 16.0 Å². The number of ether oxygens (including phenoxy) is 1. The third-order valence-electron chi connectivity index (χ3n) is 2.82. The van der Waals surface area contributed by atoms with Crippen molar-refractivity contribution in [2.24, 2.45) is 0 Å². The number of rotatable bonds is 4. The largest absolute Gasteiger partial charge is 0.508 e. The van der Waals surface area contributed by atoms with Gasteiger partial charge in [-0.3, -0.25) is 0 Å². The van der Waals surface area contributed by atoms with E-state index in [-0.39, 0.29) is 12.2 Å². The van der Waals surface area contributed by atoms with Crippen LogP contribution >= 0.6 is 0 Å². The average Bonchev–Trinajstić information content (AvgIpc) is 2.58. The number of carbonyl (C=O) groups excluding carboxylic acids is 1. The normalized spacial score (nSPS) is 10.7. The summed E-state index contributed by atoms with van der Waals surface area (Å²) in [6, 6.07) is 17.0. The molecule has 6 heteroatoms. The van der Waals surface area contributed by atoms with Crippen molar-refractivity contribution in [3.05, 3.63) is 66.2 Å². The molecular weight excluding hydrogens is 298 g/mol. The minimum absolute atomic E-state index is 0.0987. The summed E-state index contributed by atoms with van der Waals surface area (Å²) < 4.78 is 4.33. The van der Waals surface area contributed by atoms with Gasteiger partial charge in [0, 0.05) is 6.42 Å². The van der Waals surface area contributed by atoms with E-state index < -0.39 is 18.1 Å². The fourth-order valence-corrected chi connectivity index (χ4v) is 1.65. The number of benzene rings is 2. The summed E-state index contributed by atoms with van der Waals surface area (Å²) in [6.45, 7) is 0. The van der Waals surface area contributed by atoms with Crippen molar-refractivity contribution in [1.82, 2.24) is 5.32 Å².